The fourth-order valence-electron chi connectivity index (χ4n) is 2.57. The number of hydrogen-bond donors (Lipinski definition) is 1. The van der Waals surface area contributed by atoms with Gasteiger partial charge in [0.05, 0.1) is 0 Å². The maximum atomic E-state index is 4.30. The van der Waals surface area contributed by atoms with Gasteiger partial charge in [0.2, 0.25) is 0 Å². The predicted octanol–water partition coefficient (Wildman–Crippen LogP) is 2.65. The Morgan fingerprint density at radius 1 is 1.21 bits per heavy atom. The zero-order valence-corrected chi connectivity index (χ0v) is 11.2. The molecule has 0 amide bonds. The second-order valence-electron chi connectivity index (χ2n) is 5.31. The summed E-state index contributed by atoms with van der Waals surface area (Å²) in [6.45, 7) is 2.33. The van der Waals surface area contributed by atoms with Crippen LogP contribution in [0.5, 0.6) is 0 Å². The van der Waals surface area contributed by atoms with Crippen molar-refractivity contribution in [2.24, 2.45) is 5.92 Å². The minimum Gasteiger partial charge on any atom is -0.367 e. The SMILES string of the molecule is CC1CCC(Nc2cc(-n3cccn3)ncn2)CC1. The molecule has 19 heavy (non-hydrogen) atoms. The zero-order valence-electron chi connectivity index (χ0n) is 11.2. The van der Waals surface area contributed by atoms with Gasteiger partial charge in [-0.2, -0.15) is 5.10 Å². The Kier molecular flexibility index (Phi) is 3.44. The molecule has 2 aromatic heterocycles. The van der Waals surface area contributed by atoms with Gasteiger partial charge in [-0.15, -0.1) is 0 Å². The van der Waals surface area contributed by atoms with Crippen LogP contribution in [0.3, 0.4) is 0 Å². The van der Waals surface area contributed by atoms with E-state index in [4.69, 9.17) is 0 Å². The molecule has 2 heterocycles. The van der Waals surface area contributed by atoms with Crippen LogP contribution in [0.25, 0.3) is 5.82 Å². The van der Waals surface area contributed by atoms with Gasteiger partial charge in [-0.1, -0.05) is 6.92 Å². The number of hydrogen-bond acceptors (Lipinski definition) is 4. The average molecular weight is 257 g/mol. The first-order valence-corrected chi connectivity index (χ1v) is 6.90. The van der Waals surface area contributed by atoms with Crippen molar-refractivity contribution in [2.45, 2.75) is 38.6 Å². The summed E-state index contributed by atoms with van der Waals surface area (Å²) >= 11 is 0. The Morgan fingerprint density at radius 2 is 2.05 bits per heavy atom. The van der Waals surface area contributed by atoms with E-state index in [0.29, 0.717) is 6.04 Å². The highest BCUT2D eigenvalue weighted by molar-refractivity contribution is 5.40. The van der Waals surface area contributed by atoms with E-state index in [2.05, 4.69) is 27.3 Å². The third-order valence-electron chi connectivity index (χ3n) is 3.76. The Hall–Kier alpha value is -1.91. The number of aromatic nitrogens is 4. The molecular weight excluding hydrogens is 238 g/mol. The maximum Gasteiger partial charge on any atom is 0.158 e. The van der Waals surface area contributed by atoms with Gasteiger partial charge in [-0.25, -0.2) is 14.6 Å². The van der Waals surface area contributed by atoms with Crippen LogP contribution in [0.4, 0.5) is 5.82 Å². The highest BCUT2D eigenvalue weighted by Gasteiger charge is 2.18. The predicted molar refractivity (Wildman–Crippen MR) is 74.2 cm³/mol. The maximum absolute atomic E-state index is 4.30. The van der Waals surface area contributed by atoms with Crippen molar-refractivity contribution in [3.8, 4) is 5.82 Å². The lowest BCUT2D eigenvalue weighted by atomic mass is 9.87. The van der Waals surface area contributed by atoms with Crippen molar-refractivity contribution in [2.75, 3.05) is 5.32 Å². The molecular formula is C14H19N5. The molecule has 5 nitrogen and oxygen atoms in total. The third kappa shape index (κ3) is 2.92. The molecule has 0 aliphatic heterocycles. The number of nitrogens with one attached hydrogen (secondary N) is 1. The summed E-state index contributed by atoms with van der Waals surface area (Å²) in [7, 11) is 0. The summed E-state index contributed by atoms with van der Waals surface area (Å²) in [6, 6.07) is 4.37. The van der Waals surface area contributed by atoms with Crippen molar-refractivity contribution in [3.05, 3.63) is 30.9 Å². The van der Waals surface area contributed by atoms with E-state index in [0.717, 1.165) is 17.6 Å². The Labute approximate surface area is 113 Å². The van der Waals surface area contributed by atoms with E-state index >= 15 is 0 Å². The molecule has 3 rings (SSSR count). The quantitative estimate of drug-likeness (QED) is 0.918. The molecule has 1 aliphatic carbocycles. The van der Waals surface area contributed by atoms with Crippen LogP contribution in [-0.2, 0) is 0 Å². The lowest BCUT2D eigenvalue weighted by molar-refractivity contribution is 0.361. The second kappa shape index (κ2) is 5.38. The van der Waals surface area contributed by atoms with Crippen molar-refractivity contribution in [1.82, 2.24) is 19.7 Å². The van der Waals surface area contributed by atoms with Gasteiger partial charge in [0, 0.05) is 24.5 Å². The first kappa shape index (κ1) is 12.1. The summed E-state index contributed by atoms with van der Waals surface area (Å²) in [5.41, 5.74) is 0. The minimum absolute atomic E-state index is 0.538. The molecule has 0 saturated heterocycles. The topological polar surface area (TPSA) is 55.6 Å². The Balaban J connectivity index is 1.70. The van der Waals surface area contributed by atoms with Crippen LogP contribution in [0.1, 0.15) is 32.6 Å². The molecule has 0 aromatic carbocycles. The lowest BCUT2D eigenvalue weighted by Gasteiger charge is -2.27. The highest BCUT2D eigenvalue weighted by Crippen LogP contribution is 2.25. The summed E-state index contributed by atoms with van der Waals surface area (Å²) in [5.74, 6) is 2.55. The molecule has 1 fully saturated rings. The van der Waals surface area contributed by atoms with Gasteiger partial charge in [0.15, 0.2) is 5.82 Å². The smallest absolute Gasteiger partial charge is 0.158 e. The van der Waals surface area contributed by atoms with E-state index in [1.54, 1.807) is 17.2 Å². The molecule has 1 aliphatic rings. The fraction of sp³-hybridized carbons (Fsp3) is 0.500. The first-order chi connectivity index (χ1) is 9.31. The van der Waals surface area contributed by atoms with Gasteiger partial charge in [0.1, 0.15) is 12.1 Å². The minimum atomic E-state index is 0.538. The summed E-state index contributed by atoms with van der Waals surface area (Å²) in [4.78, 5) is 8.54. The molecule has 0 radical (unpaired) electrons. The van der Waals surface area contributed by atoms with E-state index in [1.165, 1.54) is 25.7 Å². The van der Waals surface area contributed by atoms with Gasteiger partial charge in [0.25, 0.3) is 0 Å². The van der Waals surface area contributed by atoms with Crippen molar-refractivity contribution < 1.29 is 0 Å². The van der Waals surface area contributed by atoms with Crippen molar-refractivity contribution in [3.63, 3.8) is 0 Å². The van der Waals surface area contributed by atoms with Crippen molar-refractivity contribution in [1.29, 1.82) is 0 Å². The second-order valence-corrected chi connectivity index (χ2v) is 5.31. The fourth-order valence-corrected chi connectivity index (χ4v) is 2.57. The highest BCUT2D eigenvalue weighted by atomic mass is 15.3. The molecule has 0 unspecified atom stereocenters. The van der Waals surface area contributed by atoms with E-state index in [-0.39, 0.29) is 0 Å². The zero-order chi connectivity index (χ0) is 13.1. The molecule has 100 valence electrons. The van der Waals surface area contributed by atoms with Gasteiger partial charge in [-0.3, -0.25) is 0 Å². The van der Waals surface area contributed by atoms with E-state index in [1.807, 2.05) is 18.3 Å². The third-order valence-corrected chi connectivity index (χ3v) is 3.76. The van der Waals surface area contributed by atoms with Gasteiger partial charge >= 0.3 is 0 Å². The number of anilines is 1. The van der Waals surface area contributed by atoms with Crippen LogP contribution in [0.2, 0.25) is 0 Å². The number of nitrogens with zero attached hydrogens (tertiary/aromatic N) is 4. The van der Waals surface area contributed by atoms with Crippen LogP contribution in [-0.4, -0.2) is 25.8 Å². The Bertz CT molecular complexity index is 514. The normalized spacial score (nSPS) is 23.2. The lowest BCUT2D eigenvalue weighted by Crippen LogP contribution is -2.25. The summed E-state index contributed by atoms with van der Waals surface area (Å²) in [6.07, 6.45) is 10.3. The summed E-state index contributed by atoms with van der Waals surface area (Å²) < 4.78 is 1.75. The van der Waals surface area contributed by atoms with Crippen LogP contribution >= 0.6 is 0 Å². The monoisotopic (exact) mass is 257 g/mol. The standard InChI is InChI=1S/C14H19N5/c1-11-3-5-12(6-4-11)18-13-9-14(16-10-15-13)19-8-2-7-17-19/h2,7-12H,3-6H2,1H3,(H,15,16,18). The molecule has 0 bridgehead atoms. The van der Waals surface area contributed by atoms with Crippen LogP contribution in [0, 0.1) is 5.92 Å². The largest absolute Gasteiger partial charge is 0.367 e. The van der Waals surface area contributed by atoms with Crippen LogP contribution < -0.4 is 5.32 Å². The van der Waals surface area contributed by atoms with E-state index < -0.39 is 0 Å². The molecule has 5 heteroatoms. The Morgan fingerprint density at radius 3 is 2.79 bits per heavy atom. The molecule has 1 saturated carbocycles. The molecule has 0 atom stereocenters. The van der Waals surface area contributed by atoms with E-state index in [9.17, 15) is 0 Å². The molecule has 1 N–H and O–H groups in total. The summed E-state index contributed by atoms with van der Waals surface area (Å²) in [5, 5.41) is 7.69. The molecule has 0 spiro atoms. The van der Waals surface area contributed by atoms with Crippen molar-refractivity contribution >= 4 is 5.82 Å². The number of rotatable bonds is 3. The van der Waals surface area contributed by atoms with Gasteiger partial charge < -0.3 is 5.32 Å². The molecule has 2 aromatic rings. The van der Waals surface area contributed by atoms with Crippen LogP contribution in [0.15, 0.2) is 30.9 Å². The van der Waals surface area contributed by atoms with Gasteiger partial charge in [-0.05, 0) is 37.7 Å². The average Bonchev–Trinajstić information content (AvgIpc) is 2.96. The first-order valence-electron chi connectivity index (χ1n) is 6.90.